The van der Waals surface area contributed by atoms with E-state index in [0.29, 0.717) is 6.54 Å². The van der Waals surface area contributed by atoms with E-state index in [1.807, 2.05) is 6.92 Å². The molecule has 2 aromatic rings. The molecule has 0 bridgehead atoms. The van der Waals surface area contributed by atoms with Crippen molar-refractivity contribution in [3.8, 4) is 11.3 Å². The molecule has 3 nitrogen and oxygen atoms in total. The fourth-order valence-corrected chi connectivity index (χ4v) is 2.81. The van der Waals surface area contributed by atoms with Crippen LogP contribution in [0.5, 0.6) is 0 Å². The SMILES string of the molecule is Cc1nc(-c2ccc3c(c2)CCCC3)c(CN)[nH]1. The molecule has 3 N–H and O–H groups in total. The zero-order valence-electron chi connectivity index (χ0n) is 10.8. The van der Waals surface area contributed by atoms with E-state index in [-0.39, 0.29) is 0 Å². The lowest BCUT2D eigenvalue weighted by atomic mass is 9.90. The van der Waals surface area contributed by atoms with Crippen molar-refractivity contribution >= 4 is 0 Å². The molecule has 0 saturated heterocycles. The highest BCUT2D eigenvalue weighted by Gasteiger charge is 2.13. The maximum Gasteiger partial charge on any atom is 0.103 e. The normalized spacial score (nSPS) is 14.6. The van der Waals surface area contributed by atoms with Gasteiger partial charge in [0, 0.05) is 12.1 Å². The van der Waals surface area contributed by atoms with E-state index in [2.05, 4.69) is 28.2 Å². The van der Waals surface area contributed by atoms with Crippen LogP contribution in [0, 0.1) is 6.92 Å². The Hall–Kier alpha value is -1.61. The second kappa shape index (κ2) is 4.58. The Morgan fingerprint density at radius 2 is 2.00 bits per heavy atom. The molecule has 0 radical (unpaired) electrons. The van der Waals surface area contributed by atoms with Crippen molar-refractivity contribution < 1.29 is 0 Å². The number of hydrogen-bond donors (Lipinski definition) is 2. The van der Waals surface area contributed by atoms with Gasteiger partial charge in [-0.1, -0.05) is 12.1 Å². The zero-order valence-corrected chi connectivity index (χ0v) is 10.8. The predicted octanol–water partition coefficient (Wildman–Crippen LogP) is 2.72. The molecule has 0 unspecified atom stereocenters. The number of aryl methyl sites for hydroxylation is 3. The summed E-state index contributed by atoms with van der Waals surface area (Å²) in [6.45, 7) is 2.48. The first-order valence-electron chi connectivity index (χ1n) is 6.65. The van der Waals surface area contributed by atoms with Crippen LogP contribution in [-0.4, -0.2) is 9.97 Å². The summed E-state index contributed by atoms with van der Waals surface area (Å²) in [7, 11) is 0. The van der Waals surface area contributed by atoms with Gasteiger partial charge < -0.3 is 10.7 Å². The van der Waals surface area contributed by atoms with Crippen molar-refractivity contribution in [2.75, 3.05) is 0 Å². The van der Waals surface area contributed by atoms with Crippen molar-refractivity contribution in [3.05, 3.63) is 40.8 Å². The van der Waals surface area contributed by atoms with Gasteiger partial charge >= 0.3 is 0 Å². The summed E-state index contributed by atoms with van der Waals surface area (Å²) in [5.41, 5.74) is 12.0. The number of nitrogens with one attached hydrogen (secondary N) is 1. The third kappa shape index (κ3) is 1.95. The summed E-state index contributed by atoms with van der Waals surface area (Å²) in [6, 6.07) is 6.73. The van der Waals surface area contributed by atoms with Crippen LogP contribution in [0.3, 0.4) is 0 Å². The van der Waals surface area contributed by atoms with E-state index in [9.17, 15) is 0 Å². The van der Waals surface area contributed by atoms with E-state index in [1.165, 1.54) is 42.4 Å². The van der Waals surface area contributed by atoms with Gasteiger partial charge in [-0.3, -0.25) is 0 Å². The van der Waals surface area contributed by atoms with Crippen molar-refractivity contribution in [2.24, 2.45) is 5.73 Å². The fraction of sp³-hybridized carbons (Fsp3) is 0.400. The average molecular weight is 241 g/mol. The van der Waals surface area contributed by atoms with E-state index < -0.39 is 0 Å². The molecule has 94 valence electrons. The van der Waals surface area contributed by atoms with Gasteiger partial charge in [-0.2, -0.15) is 0 Å². The summed E-state index contributed by atoms with van der Waals surface area (Å²) in [6.07, 6.45) is 5.05. The average Bonchev–Trinajstić information content (AvgIpc) is 2.79. The molecule has 0 atom stereocenters. The van der Waals surface area contributed by atoms with Crippen LogP contribution in [0.4, 0.5) is 0 Å². The van der Waals surface area contributed by atoms with Gasteiger partial charge in [0.2, 0.25) is 0 Å². The highest BCUT2D eigenvalue weighted by molar-refractivity contribution is 5.64. The van der Waals surface area contributed by atoms with Gasteiger partial charge in [0.25, 0.3) is 0 Å². The zero-order chi connectivity index (χ0) is 12.5. The number of hydrogen-bond acceptors (Lipinski definition) is 2. The quantitative estimate of drug-likeness (QED) is 0.849. The van der Waals surface area contributed by atoms with Crippen LogP contribution in [0.25, 0.3) is 11.3 Å². The van der Waals surface area contributed by atoms with Crippen LogP contribution in [-0.2, 0) is 19.4 Å². The molecule has 1 aliphatic rings. The number of imidazole rings is 1. The first-order valence-corrected chi connectivity index (χ1v) is 6.65. The molecule has 1 aromatic heterocycles. The molecule has 1 aliphatic carbocycles. The predicted molar refractivity (Wildman–Crippen MR) is 73.3 cm³/mol. The first kappa shape index (κ1) is 11.5. The summed E-state index contributed by atoms with van der Waals surface area (Å²) in [5.74, 6) is 0.933. The molecular weight excluding hydrogens is 222 g/mol. The molecule has 0 saturated carbocycles. The van der Waals surface area contributed by atoms with Gasteiger partial charge in [0.15, 0.2) is 0 Å². The number of H-pyrrole nitrogens is 1. The summed E-state index contributed by atoms with van der Waals surface area (Å²) >= 11 is 0. The molecule has 0 aliphatic heterocycles. The topological polar surface area (TPSA) is 54.7 Å². The molecule has 3 heteroatoms. The van der Waals surface area contributed by atoms with Gasteiger partial charge in [0.1, 0.15) is 5.82 Å². The number of fused-ring (bicyclic) bond motifs is 1. The Morgan fingerprint density at radius 1 is 1.22 bits per heavy atom. The first-order chi connectivity index (χ1) is 8.78. The van der Waals surface area contributed by atoms with Crippen molar-refractivity contribution in [2.45, 2.75) is 39.2 Å². The Morgan fingerprint density at radius 3 is 2.78 bits per heavy atom. The second-order valence-corrected chi connectivity index (χ2v) is 5.04. The minimum absolute atomic E-state index is 0.507. The van der Waals surface area contributed by atoms with E-state index in [0.717, 1.165) is 17.2 Å². The molecule has 3 rings (SSSR count). The Bertz CT molecular complexity index is 569. The number of aromatic nitrogens is 2. The third-order valence-corrected chi connectivity index (χ3v) is 3.72. The molecule has 0 spiro atoms. The maximum atomic E-state index is 5.77. The number of aromatic amines is 1. The van der Waals surface area contributed by atoms with E-state index >= 15 is 0 Å². The molecular formula is C15H19N3. The smallest absolute Gasteiger partial charge is 0.103 e. The minimum Gasteiger partial charge on any atom is -0.345 e. The molecule has 0 fully saturated rings. The number of benzene rings is 1. The Labute approximate surface area is 107 Å². The lowest BCUT2D eigenvalue weighted by Crippen LogP contribution is -2.03. The third-order valence-electron chi connectivity index (χ3n) is 3.72. The van der Waals surface area contributed by atoms with E-state index in [4.69, 9.17) is 5.73 Å². The molecule has 1 heterocycles. The maximum absolute atomic E-state index is 5.77. The van der Waals surface area contributed by atoms with E-state index in [1.54, 1.807) is 0 Å². The Kier molecular flexibility index (Phi) is 2.92. The van der Waals surface area contributed by atoms with Gasteiger partial charge in [0.05, 0.1) is 11.4 Å². The van der Waals surface area contributed by atoms with Crippen LogP contribution in [0.2, 0.25) is 0 Å². The molecule has 18 heavy (non-hydrogen) atoms. The van der Waals surface area contributed by atoms with Gasteiger partial charge in [-0.15, -0.1) is 0 Å². The lowest BCUT2D eigenvalue weighted by molar-refractivity contribution is 0.686. The van der Waals surface area contributed by atoms with Gasteiger partial charge in [-0.25, -0.2) is 4.98 Å². The highest BCUT2D eigenvalue weighted by atomic mass is 14.9. The molecule has 0 amide bonds. The summed E-state index contributed by atoms with van der Waals surface area (Å²) < 4.78 is 0. The standard InChI is InChI=1S/C15H19N3/c1-10-17-14(9-16)15(18-10)13-7-6-11-4-2-3-5-12(11)8-13/h6-8H,2-5,9,16H2,1H3,(H,17,18). The largest absolute Gasteiger partial charge is 0.345 e. The van der Waals surface area contributed by atoms with Crippen LogP contribution in [0.15, 0.2) is 18.2 Å². The van der Waals surface area contributed by atoms with Crippen LogP contribution in [0.1, 0.15) is 35.5 Å². The number of rotatable bonds is 2. The second-order valence-electron chi connectivity index (χ2n) is 5.04. The Balaban J connectivity index is 2.06. The summed E-state index contributed by atoms with van der Waals surface area (Å²) in [5, 5.41) is 0. The minimum atomic E-state index is 0.507. The van der Waals surface area contributed by atoms with Crippen molar-refractivity contribution in [3.63, 3.8) is 0 Å². The van der Waals surface area contributed by atoms with Crippen LogP contribution < -0.4 is 5.73 Å². The molecule has 1 aromatic carbocycles. The van der Waals surface area contributed by atoms with Crippen LogP contribution >= 0.6 is 0 Å². The fourth-order valence-electron chi connectivity index (χ4n) is 2.81. The lowest BCUT2D eigenvalue weighted by Gasteiger charge is -2.16. The summed E-state index contributed by atoms with van der Waals surface area (Å²) in [4.78, 5) is 7.80. The highest BCUT2D eigenvalue weighted by Crippen LogP contribution is 2.28. The number of nitrogens with zero attached hydrogens (tertiary/aromatic N) is 1. The van der Waals surface area contributed by atoms with Crippen molar-refractivity contribution in [1.29, 1.82) is 0 Å². The monoisotopic (exact) mass is 241 g/mol. The van der Waals surface area contributed by atoms with Crippen molar-refractivity contribution in [1.82, 2.24) is 9.97 Å². The van der Waals surface area contributed by atoms with Gasteiger partial charge in [-0.05, 0) is 49.8 Å². The number of nitrogens with two attached hydrogens (primary N) is 1.